The van der Waals surface area contributed by atoms with E-state index in [1.807, 2.05) is 0 Å². The van der Waals surface area contributed by atoms with E-state index in [0.29, 0.717) is 16.4 Å². The number of sulfonamides is 1. The lowest BCUT2D eigenvalue weighted by Crippen LogP contribution is -2.14. The lowest BCUT2D eigenvalue weighted by Gasteiger charge is -2.10. The van der Waals surface area contributed by atoms with E-state index in [9.17, 15) is 23.3 Å². The number of rotatable bonds is 6. The Balaban J connectivity index is 1.75. The lowest BCUT2D eigenvalue weighted by molar-refractivity contribution is -0.384. The van der Waals surface area contributed by atoms with Gasteiger partial charge in [0.1, 0.15) is 5.02 Å². The molecule has 30 heavy (non-hydrogen) atoms. The summed E-state index contributed by atoms with van der Waals surface area (Å²) in [6.45, 7) is 0. The summed E-state index contributed by atoms with van der Waals surface area (Å²) in [7, 11) is -3.86. The van der Waals surface area contributed by atoms with Crippen molar-refractivity contribution in [3.05, 3.63) is 92.5 Å². The minimum Gasteiger partial charge on any atom is -0.322 e. The largest absolute Gasteiger partial charge is 0.322 e. The molecule has 8 nitrogen and oxygen atoms in total. The van der Waals surface area contributed by atoms with Gasteiger partial charge in [-0.2, -0.15) is 0 Å². The molecule has 3 aromatic carbocycles. The van der Waals surface area contributed by atoms with Crippen molar-refractivity contribution in [2.24, 2.45) is 0 Å². The second-order valence-electron chi connectivity index (χ2n) is 6.02. The molecule has 0 unspecified atom stereocenters. The van der Waals surface area contributed by atoms with Crippen molar-refractivity contribution in [3.8, 4) is 0 Å². The molecule has 0 aromatic heterocycles. The van der Waals surface area contributed by atoms with Crippen LogP contribution in [0.5, 0.6) is 0 Å². The van der Waals surface area contributed by atoms with Gasteiger partial charge in [0.2, 0.25) is 0 Å². The Morgan fingerprint density at radius 3 is 2.27 bits per heavy atom. The van der Waals surface area contributed by atoms with Crippen molar-refractivity contribution in [2.45, 2.75) is 4.90 Å². The van der Waals surface area contributed by atoms with Crippen molar-refractivity contribution in [3.63, 3.8) is 0 Å². The third-order valence-corrected chi connectivity index (χ3v) is 5.86. The van der Waals surface area contributed by atoms with Crippen LogP contribution in [0.25, 0.3) is 0 Å². The van der Waals surface area contributed by atoms with E-state index in [0.717, 1.165) is 6.07 Å². The number of nitrogens with one attached hydrogen (secondary N) is 2. The Labute approximate surface area is 181 Å². The number of carbonyl (C=O) groups excluding carboxylic acids is 1. The van der Waals surface area contributed by atoms with Crippen LogP contribution < -0.4 is 10.0 Å². The first-order valence-corrected chi connectivity index (χ1v) is 10.5. The van der Waals surface area contributed by atoms with Gasteiger partial charge in [0.15, 0.2) is 0 Å². The number of nitro groups is 1. The van der Waals surface area contributed by atoms with Crippen LogP contribution >= 0.6 is 23.2 Å². The van der Waals surface area contributed by atoms with Crippen LogP contribution in [0.15, 0.2) is 71.6 Å². The summed E-state index contributed by atoms with van der Waals surface area (Å²) < 4.78 is 27.4. The monoisotopic (exact) mass is 465 g/mol. The molecule has 0 bridgehead atoms. The molecule has 0 heterocycles. The van der Waals surface area contributed by atoms with Crippen molar-refractivity contribution in [1.29, 1.82) is 0 Å². The molecule has 0 fully saturated rings. The van der Waals surface area contributed by atoms with Crippen LogP contribution in [-0.4, -0.2) is 19.2 Å². The summed E-state index contributed by atoms with van der Waals surface area (Å²) in [5.41, 5.74) is 0.256. The molecule has 1 amide bonds. The predicted octanol–water partition coefficient (Wildman–Crippen LogP) is 4.95. The molecule has 0 saturated carbocycles. The van der Waals surface area contributed by atoms with Gasteiger partial charge in [-0.3, -0.25) is 19.6 Å². The predicted molar refractivity (Wildman–Crippen MR) is 115 cm³/mol. The molecule has 2 N–H and O–H groups in total. The second kappa shape index (κ2) is 8.70. The molecule has 0 spiro atoms. The Kier molecular flexibility index (Phi) is 6.25. The van der Waals surface area contributed by atoms with Crippen molar-refractivity contribution < 1.29 is 18.1 Å². The third kappa shape index (κ3) is 5.07. The molecule has 0 radical (unpaired) electrons. The SMILES string of the molecule is O=C(Nc1ccc(S(=O)(=O)Nc2cccc(Cl)c2)cc1)c1ccc(Cl)c([N+](=O)[O-])c1. The number of hydrogen-bond donors (Lipinski definition) is 2. The Hall–Kier alpha value is -3.14. The first-order valence-electron chi connectivity index (χ1n) is 8.29. The number of nitro benzene ring substituents is 1. The Bertz CT molecular complexity index is 1230. The van der Waals surface area contributed by atoms with E-state index in [2.05, 4.69) is 10.0 Å². The number of nitrogens with zero attached hydrogens (tertiary/aromatic N) is 1. The fourth-order valence-electron chi connectivity index (χ4n) is 2.48. The number of halogens is 2. The van der Waals surface area contributed by atoms with Gasteiger partial charge in [0.05, 0.1) is 15.5 Å². The molecule has 3 aromatic rings. The van der Waals surface area contributed by atoms with Gasteiger partial charge in [-0.05, 0) is 54.6 Å². The topological polar surface area (TPSA) is 118 Å². The van der Waals surface area contributed by atoms with Gasteiger partial charge in [0.25, 0.3) is 21.6 Å². The lowest BCUT2D eigenvalue weighted by atomic mass is 10.2. The van der Waals surface area contributed by atoms with Gasteiger partial charge >= 0.3 is 0 Å². The highest BCUT2D eigenvalue weighted by atomic mass is 35.5. The second-order valence-corrected chi connectivity index (χ2v) is 8.54. The quantitative estimate of drug-likeness (QED) is 0.394. The van der Waals surface area contributed by atoms with Gasteiger partial charge in [-0.25, -0.2) is 8.42 Å². The van der Waals surface area contributed by atoms with Crippen molar-refractivity contribution in [2.75, 3.05) is 10.0 Å². The zero-order chi connectivity index (χ0) is 21.9. The maximum Gasteiger partial charge on any atom is 0.288 e. The molecule has 0 atom stereocenters. The first-order chi connectivity index (χ1) is 14.2. The number of carbonyl (C=O) groups is 1. The summed E-state index contributed by atoms with van der Waals surface area (Å²) in [4.78, 5) is 22.6. The van der Waals surface area contributed by atoms with Crippen LogP contribution in [0.4, 0.5) is 17.1 Å². The molecule has 0 aliphatic carbocycles. The minimum atomic E-state index is -3.86. The van der Waals surface area contributed by atoms with Gasteiger partial charge in [-0.15, -0.1) is 0 Å². The average molecular weight is 466 g/mol. The van der Waals surface area contributed by atoms with Crippen molar-refractivity contribution >= 4 is 56.2 Å². The smallest absolute Gasteiger partial charge is 0.288 e. The highest BCUT2D eigenvalue weighted by molar-refractivity contribution is 7.92. The highest BCUT2D eigenvalue weighted by Crippen LogP contribution is 2.26. The van der Waals surface area contributed by atoms with Crippen molar-refractivity contribution in [1.82, 2.24) is 0 Å². The molecular weight excluding hydrogens is 453 g/mol. The summed E-state index contributed by atoms with van der Waals surface area (Å²) in [5.74, 6) is -0.609. The normalized spacial score (nSPS) is 11.0. The standard InChI is InChI=1S/C19H13Cl2N3O5S/c20-13-2-1-3-15(11-13)23-30(28,29)16-7-5-14(6-8-16)22-19(25)12-4-9-17(21)18(10-12)24(26)27/h1-11,23H,(H,22,25). The van der Waals surface area contributed by atoms with Crippen LogP contribution in [0.2, 0.25) is 10.0 Å². The summed E-state index contributed by atoms with van der Waals surface area (Å²) in [6.07, 6.45) is 0. The summed E-state index contributed by atoms with van der Waals surface area (Å²) in [6, 6.07) is 15.3. The van der Waals surface area contributed by atoms with Crippen LogP contribution in [-0.2, 0) is 10.0 Å². The number of benzene rings is 3. The third-order valence-electron chi connectivity index (χ3n) is 3.90. The highest BCUT2D eigenvalue weighted by Gasteiger charge is 2.17. The first kappa shape index (κ1) is 21.6. The number of amides is 1. The molecule has 0 aliphatic rings. The number of anilines is 2. The Morgan fingerprint density at radius 1 is 0.933 bits per heavy atom. The van der Waals surface area contributed by atoms with Crippen LogP contribution in [0.3, 0.4) is 0 Å². The van der Waals surface area contributed by atoms with E-state index in [-0.39, 0.29) is 15.5 Å². The maximum absolute atomic E-state index is 12.5. The minimum absolute atomic E-state index is 0.0254. The van der Waals surface area contributed by atoms with E-state index >= 15 is 0 Å². The molecule has 0 aliphatic heterocycles. The van der Waals surface area contributed by atoms with E-state index in [1.54, 1.807) is 18.2 Å². The molecular formula is C19H13Cl2N3O5S. The molecule has 11 heteroatoms. The molecule has 154 valence electrons. The van der Waals surface area contributed by atoms with Crippen LogP contribution in [0.1, 0.15) is 10.4 Å². The summed E-state index contributed by atoms with van der Waals surface area (Å²) in [5, 5.41) is 13.8. The van der Waals surface area contributed by atoms with Gasteiger partial charge in [-0.1, -0.05) is 29.3 Å². The van der Waals surface area contributed by atoms with Gasteiger partial charge in [0, 0.05) is 22.3 Å². The maximum atomic E-state index is 12.5. The van der Waals surface area contributed by atoms with Gasteiger partial charge < -0.3 is 5.32 Å². The van der Waals surface area contributed by atoms with E-state index in [4.69, 9.17) is 23.2 Å². The number of hydrogen-bond acceptors (Lipinski definition) is 5. The van der Waals surface area contributed by atoms with Crippen LogP contribution in [0, 0.1) is 10.1 Å². The van der Waals surface area contributed by atoms with E-state index in [1.165, 1.54) is 42.5 Å². The average Bonchev–Trinajstić information content (AvgIpc) is 2.68. The van der Waals surface area contributed by atoms with E-state index < -0.39 is 26.5 Å². The zero-order valence-electron chi connectivity index (χ0n) is 15.0. The Morgan fingerprint density at radius 2 is 1.63 bits per heavy atom. The fraction of sp³-hybridized carbons (Fsp3) is 0. The molecule has 0 saturated heterocycles. The zero-order valence-corrected chi connectivity index (χ0v) is 17.3. The summed E-state index contributed by atoms with van der Waals surface area (Å²) >= 11 is 11.6. The fourth-order valence-corrected chi connectivity index (χ4v) is 3.91. The molecule has 3 rings (SSSR count).